The normalized spacial score (nSPS) is 10.4. The summed E-state index contributed by atoms with van der Waals surface area (Å²) in [6.07, 6.45) is 6.03. The van der Waals surface area contributed by atoms with Gasteiger partial charge in [0.1, 0.15) is 6.33 Å². The quantitative estimate of drug-likeness (QED) is 0.704. The number of hydrogen-bond acceptors (Lipinski definition) is 4. The fraction of sp³-hybridized carbons (Fsp3) is 0. The van der Waals surface area contributed by atoms with Crippen LogP contribution in [0.1, 0.15) is 0 Å². The predicted molar refractivity (Wildman–Crippen MR) is 66.2 cm³/mol. The molecule has 0 aliphatic heterocycles. The largest absolute Gasteiger partial charge is 0.332 e. The number of benzene rings is 1. The van der Waals surface area contributed by atoms with Crippen molar-refractivity contribution in [3.05, 3.63) is 49.2 Å². The van der Waals surface area contributed by atoms with Gasteiger partial charge in [0.15, 0.2) is 5.82 Å². The summed E-state index contributed by atoms with van der Waals surface area (Å²) < 4.78 is 1.43. The number of fused-ring (bicyclic) bond motifs is 1. The Morgan fingerprint density at radius 1 is 1.17 bits per heavy atom. The van der Waals surface area contributed by atoms with Crippen molar-refractivity contribution in [2.24, 2.45) is 0 Å². The van der Waals surface area contributed by atoms with Gasteiger partial charge in [0, 0.05) is 12.4 Å². The average Bonchev–Trinajstić information content (AvgIpc) is 2.84. The summed E-state index contributed by atoms with van der Waals surface area (Å²) in [5.74, 6) is 0.403. The molecule has 0 bridgehead atoms. The Labute approximate surface area is 102 Å². The van der Waals surface area contributed by atoms with Crippen molar-refractivity contribution in [3.63, 3.8) is 0 Å². The number of aromatic nitrogens is 4. The highest BCUT2D eigenvalue weighted by Crippen LogP contribution is 2.12. The zero-order valence-corrected chi connectivity index (χ0v) is 9.32. The lowest BCUT2D eigenvalue weighted by Crippen LogP contribution is -2.19. The maximum atomic E-state index is 12.0. The number of rotatable bonds is 1. The Hall–Kier alpha value is -2.76. The second kappa shape index (κ2) is 4.25. The Morgan fingerprint density at radius 2 is 2.06 bits per heavy atom. The van der Waals surface area contributed by atoms with Crippen molar-refractivity contribution < 1.29 is 4.79 Å². The standard InChI is InChI=1S/C12H9N5O/c18-12(16-11-7-13-5-6-14-11)17-8-15-9-3-1-2-4-10(9)17/h1-8H,(H,14,16,18). The molecule has 0 radical (unpaired) electrons. The molecule has 2 aromatic heterocycles. The molecule has 6 heteroatoms. The molecule has 0 aliphatic carbocycles. The summed E-state index contributed by atoms with van der Waals surface area (Å²) in [5, 5.41) is 2.65. The van der Waals surface area contributed by atoms with Crippen LogP contribution in [0.4, 0.5) is 10.6 Å². The number of nitrogens with zero attached hydrogens (tertiary/aromatic N) is 4. The van der Waals surface area contributed by atoms with Gasteiger partial charge in [0.25, 0.3) is 0 Å². The van der Waals surface area contributed by atoms with E-state index in [-0.39, 0.29) is 6.03 Å². The first kappa shape index (κ1) is 10.4. The number of amides is 1. The van der Waals surface area contributed by atoms with Crippen LogP contribution in [0.5, 0.6) is 0 Å². The topological polar surface area (TPSA) is 72.7 Å². The smallest absolute Gasteiger partial charge is 0.290 e. The van der Waals surface area contributed by atoms with E-state index in [2.05, 4.69) is 20.3 Å². The summed E-state index contributed by atoms with van der Waals surface area (Å²) in [4.78, 5) is 24.0. The van der Waals surface area contributed by atoms with Crippen molar-refractivity contribution in [3.8, 4) is 0 Å². The molecule has 3 rings (SSSR count). The monoisotopic (exact) mass is 239 g/mol. The molecule has 1 amide bonds. The molecule has 0 atom stereocenters. The van der Waals surface area contributed by atoms with Crippen LogP contribution in [0, 0.1) is 0 Å². The SMILES string of the molecule is O=C(Nc1cnccn1)n1cnc2ccccc21. The van der Waals surface area contributed by atoms with E-state index in [1.165, 1.54) is 23.3 Å². The highest BCUT2D eigenvalue weighted by molar-refractivity contribution is 5.96. The van der Waals surface area contributed by atoms with E-state index in [1.807, 2.05) is 24.3 Å². The van der Waals surface area contributed by atoms with Crippen LogP contribution in [0.3, 0.4) is 0 Å². The van der Waals surface area contributed by atoms with E-state index in [1.54, 1.807) is 6.20 Å². The third kappa shape index (κ3) is 1.80. The van der Waals surface area contributed by atoms with Gasteiger partial charge in [0.2, 0.25) is 0 Å². The molecule has 0 saturated heterocycles. The molecule has 18 heavy (non-hydrogen) atoms. The van der Waals surface area contributed by atoms with Gasteiger partial charge < -0.3 is 0 Å². The maximum Gasteiger partial charge on any atom is 0.332 e. The van der Waals surface area contributed by atoms with Crippen LogP contribution in [0.15, 0.2) is 49.2 Å². The minimum absolute atomic E-state index is 0.316. The number of hydrogen-bond donors (Lipinski definition) is 1. The van der Waals surface area contributed by atoms with Gasteiger partial charge in [-0.25, -0.2) is 14.8 Å². The predicted octanol–water partition coefficient (Wildman–Crippen LogP) is 1.91. The Morgan fingerprint density at radius 3 is 2.89 bits per heavy atom. The average molecular weight is 239 g/mol. The number of nitrogens with one attached hydrogen (secondary N) is 1. The molecule has 3 aromatic rings. The number of imidazole rings is 1. The number of para-hydroxylation sites is 2. The lowest BCUT2D eigenvalue weighted by molar-refractivity contribution is 0.254. The molecule has 0 spiro atoms. The molecule has 0 unspecified atom stereocenters. The van der Waals surface area contributed by atoms with E-state index in [0.717, 1.165) is 11.0 Å². The summed E-state index contributed by atoms with van der Waals surface area (Å²) >= 11 is 0. The summed E-state index contributed by atoms with van der Waals surface area (Å²) in [6.45, 7) is 0. The number of carbonyl (C=O) groups excluding carboxylic acids is 1. The van der Waals surface area contributed by atoms with Gasteiger partial charge >= 0.3 is 6.03 Å². The fourth-order valence-corrected chi connectivity index (χ4v) is 1.65. The zero-order valence-electron chi connectivity index (χ0n) is 9.32. The number of anilines is 1. The van der Waals surface area contributed by atoms with Crippen molar-refractivity contribution in [2.45, 2.75) is 0 Å². The molecule has 1 N–H and O–H groups in total. The van der Waals surface area contributed by atoms with Crippen LogP contribution in [-0.4, -0.2) is 25.6 Å². The Bertz CT molecular complexity index is 692. The van der Waals surface area contributed by atoms with Crippen molar-refractivity contribution in [2.75, 3.05) is 5.32 Å². The van der Waals surface area contributed by atoms with E-state index in [9.17, 15) is 4.79 Å². The molecule has 6 nitrogen and oxygen atoms in total. The molecule has 0 fully saturated rings. The van der Waals surface area contributed by atoms with Gasteiger partial charge in [0.05, 0.1) is 17.2 Å². The van der Waals surface area contributed by atoms with Gasteiger partial charge in [-0.05, 0) is 12.1 Å². The number of carbonyl (C=O) groups is 1. The highest BCUT2D eigenvalue weighted by atomic mass is 16.2. The molecule has 88 valence electrons. The van der Waals surface area contributed by atoms with Crippen molar-refractivity contribution in [1.29, 1.82) is 0 Å². The second-order valence-corrected chi connectivity index (χ2v) is 3.62. The van der Waals surface area contributed by atoms with Crippen LogP contribution in [-0.2, 0) is 0 Å². The van der Waals surface area contributed by atoms with Crippen LogP contribution in [0.25, 0.3) is 11.0 Å². The van der Waals surface area contributed by atoms with Gasteiger partial charge in [-0.1, -0.05) is 12.1 Å². The first-order valence-electron chi connectivity index (χ1n) is 5.34. The van der Waals surface area contributed by atoms with Crippen LogP contribution >= 0.6 is 0 Å². The van der Waals surface area contributed by atoms with Gasteiger partial charge in [-0.15, -0.1) is 0 Å². The van der Waals surface area contributed by atoms with Crippen LogP contribution < -0.4 is 5.32 Å². The minimum atomic E-state index is -0.316. The first-order chi connectivity index (χ1) is 8.84. The van der Waals surface area contributed by atoms with E-state index >= 15 is 0 Å². The first-order valence-corrected chi connectivity index (χ1v) is 5.34. The lowest BCUT2D eigenvalue weighted by atomic mass is 10.3. The highest BCUT2D eigenvalue weighted by Gasteiger charge is 2.09. The van der Waals surface area contributed by atoms with E-state index < -0.39 is 0 Å². The zero-order chi connectivity index (χ0) is 12.4. The third-order valence-electron chi connectivity index (χ3n) is 2.47. The molecule has 0 saturated carbocycles. The summed E-state index contributed by atoms with van der Waals surface area (Å²) in [7, 11) is 0. The van der Waals surface area contributed by atoms with E-state index in [0.29, 0.717) is 5.82 Å². The van der Waals surface area contributed by atoms with Gasteiger partial charge in [-0.2, -0.15) is 0 Å². The van der Waals surface area contributed by atoms with E-state index in [4.69, 9.17) is 0 Å². The van der Waals surface area contributed by atoms with Crippen LogP contribution in [0.2, 0.25) is 0 Å². The summed E-state index contributed by atoms with van der Waals surface area (Å²) in [5.41, 5.74) is 1.52. The third-order valence-corrected chi connectivity index (χ3v) is 2.47. The summed E-state index contributed by atoms with van der Waals surface area (Å²) in [6, 6.07) is 7.10. The Kier molecular flexibility index (Phi) is 2.45. The van der Waals surface area contributed by atoms with Gasteiger partial charge in [-0.3, -0.25) is 14.9 Å². The van der Waals surface area contributed by atoms with Crippen molar-refractivity contribution >= 4 is 22.9 Å². The molecule has 2 heterocycles. The maximum absolute atomic E-state index is 12.0. The molecular formula is C12H9N5O. The minimum Gasteiger partial charge on any atom is -0.290 e. The molecule has 0 aliphatic rings. The fourth-order valence-electron chi connectivity index (χ4n) is 1.65. The lowest BCUT2D eigenvalue weighted by Gasteiger charge is -2.04. The molecule has 1 aromatic carbocycles. The molecular weight excluding hydrogens is 230 g/mol. The second-order valence-electron chi connectivity index (χ2n) is 3.62. The Balaban J connectivity index is 1.93. The van der Waals surface area contributed by atoms with Crippen molar-refractivity contribution in [1.82, 2.24) is 19.5 Å².